The fourth-order valence-electron chi connectivity index (χ4n) is 3.06. The third-order valence-corrected chi connectivity index (χ3v) is 4.35. The maximum Gasteiger partial charge on any atom is 0.334 e. The van der Waals surface area contributed by atoms with E-state index in [0.717, 1.165) is 24.0 Å². The summed E-state index contributed by atoms with van der Waals surface area (Å²) in [6, 6.07) is 7.54. The molecule has 5 heteroatoms. The smallest absolute Gasteiger partial charge is 0.334 e. The molecule has 0 N–H and O–H groups in total. The van der Waals surface area contributed by atoms with Gasteiger partial charge in [0.15, 0.2) is 5.79 Å². The number of benzene rings is 1. The van der Waals surface area contributed by atoms with Crippen LogP contribution in [0.1, 0.15) is 31.7 Å². The first-order chi connectivity index (χ1) is 10.6. The predicted molar refractivity (Wildman–Crippen MR) is 83.5 cm³/mol. The lowest BCUT2D eigenvalue weighted by molar-refractivity contribution is -0.166. The number of rotatable bonds is 3. The summed E-state index contributed by atoms with van der Waals surface area (Å²) in [5.41, 5.74) is 2.65. The molecule has 0 amide bonds. The minimum Gasteiger partial charge on any atom is -0.463 e. The van der Waals surface area contributed by atoms with Crippen molar-refractivity contribution in [3.05, 3.63) is 40.4 Å². The summed E-state index contributed by atoms with van der Waals surface area (Å²) in [5.74, 6) is -0.941. The predicted octanol–water partition coefficient (Wildman–Crippen LogP) is 3.58. The van der Waals surface area contributed by atoms with Crippen molar-refractivity contribution >= 4 is 23.1 Å². The van der Waals surface area contributed by atoms with Crippen LogP contribution in [-0.2, 0) is 19.0 Å². The second kappa shape index (κ2) is 6.41. The maximum absolute atomic E-state index is 12.4. The van der Waals surface area contributed by atoms with Gasteiger partial charge in [0.05, 0.1) is 19.8 Å². The summed E-state index contributed by atoms with van der Waals surface area (Å²) >= 11 is 5.95. The van der Waals surface area contributed by atoms with Crippen LogP contribution in [0, 0.1) is 0 Å². The highest BCUT2D eigenvalue weighted by atomic mass is 35.5. The number of hydrogen-bond acceptors (Lipinski definition) is 4. The van der Waals surface area contributed by atoms with Crippen LogP contribution >= 0.6 is 11.6 Å². The molecule has 0 unspecified atom stereocenters. The Hall–Kier alpha value is -1.36. The van der Waals surface area contributed by atoms with Crippen molar-refractivity contribution in [2.75, 3.05) is 19.8 Å². The van der Waals surface area contributed by atoms with Gasteiger partial charge in [-0.2, -0.15) is 0 Å². The molecule has 1 spiro atoms. The van der Waals surface area contributed by atoms with Crippen LogP contribution in [0.5, 0.6) is 0 Å². The maximum atomic E-state index is 12.4. The zero-order chi connectivity index (χ0) is 15.6. The minimum atomic E-state index is -0.655. The van der Waals surface area contributed by atoms with E-state index in [9.17, 15) is 4.79 Å². The fraction of sp³-hybridized carbons (Fsp3) is 0.471. The molecule has 3 rings (SSSR count). The third kappa shape index (κ3) is 3.05. The van der Waals surface area contributed by atoms with Gasteiger partial charge in [-0.15, -0.1) is 0 Å². The summed E-state index contributed by atoms with van der Waals surface area (Å²) in [6.07, 6.45) is 1.90. The largest absolute Gasteiger partial charge is 0.463 e. The van der Waals surface area contributed by atoms with E-state index >= 15 is 0 Å². The zero-order valence-electron chi connectivity index (χ0n) is 12.6. The topological polar surface area (TPSA) is 44.8 Å². The molecule has 0 aromatic heterocycles. The lowest BCUT2D eigenvalue weighted by Gasteiger charge is -2.33. The molecule has 1 aliphatic heterocycles. The van der Waals surface area contributed by atoms with E-state index in [4.69, 9.17) is 25.8 Å². The normalized spacial score (nSPS) is 20.5. The molecule has 0 bridgehead atoms. The van der Waals surface area contributed by atoms with Crippen molar-refractivity contribution in [3.8, 4) is 0 Å². The van der Waals surface area contributed by atoms with Gasteiger partial charge in [0, 0.05) is 23.4 Å². The van der Waals surface area contributed by atoms with Gasteiger partial charge in [0.2, 0.25) is 0 Å². The van der Waals surface area contributed by atoms with Gasteiger partial charge in [-0.05, 0) is 36.6 Å². The number of esters is 1. The number of halogens is 1. The highest BCUT2D eigenvalue weighted by molar-refractivity contribution is 6.30. The third-order valence-electron chi connectivity index (χ3n) is 4.09. The van der Waals surface area contributed by atoms with Crippen LogP contribution in [-0.4, -0.2) is 31.6 Å². The van der Waals surface area contributed by atoms with Crippen LogP contribution in [0.3, 0.4) is 0 Å². The van der Waals surface area contributed by atoms with Crippen LogP contribution in [0.4, 0.5) is 0 Å². The Labute approximate surface area is 135 Å². The van der Waals surface area contributed by atoms with E-state index in [1.807, 2.05) is 31.2 Å². The van der Waals surface area contributed by atoms with Gasteiger partial charge in [0.25, 0.3) is 0 Å². The summed E-state index contributed by atoms with van der Waals surface area (Å²) in [5, 5.41) is 0.678. The molecule has 1 aromatic carbocycles. The molecule has 1 fully saturated rings. The van der Waals surface area contributed by atoms with Crippen molar-refractivity contribution in [1.82, 2.24) is 0 Å². The SMILES string of the molecule is CCOC(=O)C1=C(c2ccc(Cl)cc2)CCC2(C1)OCCO2. The minimum absolute atomic E-state index is 0.286. The van der Waals surface area contributed by atoms with Gasteiger partial charge < -0.3 is 14.2 Å². The van der Waals surface area contributed by atoms with E-state index in [-0.39, 0.29) is 5.97 Å². The molecule has 0 atom stereocenters. The molecule has 1 saturated heterocycles. The molecular weight excluding hydrogens is 304 g/mol. The summed E-state index contributed by atoms with van der Waals surface area (Å²) in [4.78, 5) is 12.4. The van der Waals surface area contributed by atoms with Gasteiger partial charge in [-0.3, -0.25) is 0 Å². The van der Waals surface area contributed by atoms with E-state index in [0.29, 0.717) is 36.8 Å². The van der Waals surface area contributed by atoms with E-state index < -0.39 is 5.79 Å². The molecule has 0 radical (unpaired) electrons. The first-order valence-corrected chi connectivity index (χ1v) is 7.94. The van der Waals surface area contributed by atoms with Crippen molar-refractivity contribution in [2.24, 2.45) is 0 Å². The van der Waals surface area contributed by atoms with Crippen molar-refractivity contribution in [2.45, 2.75) is 32.0 Å². The molecule has 22 heavy (non-hydrogen) atoms. The molecule has 0 saturated carbocycles. The van der Waals surface area contributed by atoms with E-state index in [1.165, 1.54) is 0 Å². The Kier molecular flexibility index (Phi) is 4.52. The number of carbonyl (C=O) groups is 1. The average molecular weight is 323 g/mol. The highest BCUT2D eigenvalue weighted by Crippen LogP contribution is 2.42. The Morgan fingerprint density at radius 2 is 1.95 bits per heavy atom. The first-order valence-electron chi connectivity index (χ1n) is 7.56. The quantitative estimate of drug-likeness (QED) is 0.798. The fourth-order valence-corrected chi connectivity index (χ4v) is 3.18. The molecule has 1 aliphatic carbocycles. The van der Waals surface area contributed by atoms with Crippen LogP contribution in [0.15, 0.2) is 29.8 Å². The highest BCUT2D eigenvalue weighted by Gasteiger charge is 2.43. The van der Waals surface area contributed by atoms with Gasteiger partial charge in [-0.1, -0.05) is 23.7 Å². The molecule has 1 heterocycles. The Morgan fingerprint density at radius 3 is 2.59 bits per heavy atom. The van der Waals surface area contributed by atoms with E-state index in [2.05, 4.69) is 0 Å². The first kappa shape index (κ1) is 15.5. The van der Waals surface area contributed by atoms with Crippen LogP contribution < -0.4 is 0 Å². The average Bonchev–Trinajstić information content (AvgIpc) is 2.97. The number of ether oxygens (including phenoxy) is 3. The van der Waals surface area contributed by atoms with Crippen molar-refractivity contribution in [3.63, 3.8) is 0 Å². The van der Waals surface area contributed by atoms with Gasteiger partial charge in [-0.25, -0.2) is 4.79 Å². The molecule has 1 aromatic rings. The number of carbonyl (C=O) groups excluding carboxylic acids is 1. The Balaban J connectivity index is 1.97. The standard InChI is InChI=1S/C17H19ClO4/c1-2-20-16(19)15-11-17(21-9-10-22-17)8-7-14(15)12-3-5-13(18)6-4-12/h3-6H,2,7-11H2,1H3. The summed E-state index contributed by atoms with van der Waals surface area (Å²) in [7, 11) is 0. The Morgan fingerprint density at radius 1 is 1.27 bits per heavy atom. The van der Waals surface area contributed by atoms with Crippen molar-refractivity contribution in [1.29, 1.82) is 0 Å². The lowest BCUT2D eigenvalue weighted by atomic mass is 9.84. The second-order valence-corrected chi connectivity index (χ2v) is 5.91. The summed E-state index contributed by atoms with van der Waals surface area (Å²) in [6.45, 7) is 3.31. The molecule has 118 valence electrons. The molecular formula is C17H19ClO4. The zero-order valence-corrected chi connectivity index (χ0v) is 13.3. The molecule has 4 nitrogen and oxygen atoms in total. The molecule has 2 aliphatic rings. The van der Waals surface area contributed by atoms with Crippen LogP contribution in [0.2, 0.25) is 5.02 Å². The van der Waals surface area contributed by atoms with Crippen LogP contribution in [0.25, 0.3) is 5.57 Å². The van der Waals surface area contributed by atoms with Gasteiger partial charge >= 0.3 is 5.97 Å². The van der Waals surface area contributed by atoms with Crippen molar-refractivity contribution < 1.29 is 19.0 Å². The second-order valence-electron chi connectivity index (χ2n) is 5.47. The summed E-state index contributed by atoms with van der Waals surface area (Å²) < 4.78 is 16.7. The number of hydrogen-bond donors (Lipinski definition) is 0. The number of allylic oxidation sites excluding steroid dienone is 1. The van der Waals surface area contributed by atoms with E-state index in [1.54, 1.807) is 0 Å². The van der Waals surface area contributed by atoms with Gasteiger partial charge in [0.1, 0.15) is 0 Å². The lowest BCUT2D eigenvalue weighted by Crippen LogP contribution is -2.35. The monoisotopic (exact) mass is 322 g/mol. The Bertz CT molecular complexity index is 585.